The second-order valence-corrected chi connectivity index (χ2v) is 5.53. The summed E-state index contributed by atoms with van der Waals surface area (Å²) in [5.74, 6) is 0.558. The Morgan fingerprint density at radius 3 is 2.50 bits per heavy atom. The third-order valence-corrected chi connectivity index (χ3v) is 3.90. The van der Waals surface area contributed by atoms with Crippen LogP contribution in [-0.4, -0.2) is 18.9 Å². The molecule has 0 aromatic heterocycles. The molecule has 24 heavy (non-hydrogen) atoms. The minimum atomic E-state index is -0.350. The third kappa shape index (κ3) is 3.11. The van der Waals surface area contributed by atoms with Crippen molar-refractivity contribution < 1.29 is 14.4 Å². The highest BCUT2D eigenvalue weighted by molar-refractivity contribution is 5.99. The molecule has 1 aliphatic rings. The Labute approximate surface area is 141 Å². The van der Waals surface area contributed by atoms with Crippen LogP contribution in [0.15, 0.2) is 59.8 Å². The van der Waals surface area contributed by atoms with Crippen LogP contribution in [0.25, 0.3) is 0 Å². The van der Waals surface area contributed by atoms with Crippen molar-refractivity contribution in [3.8, 4) is 0 Å². The van der Waals surface area contributed by atoms with E-state index in [-0.39, 0.29) is 12.2 Å². The molecule has 0 bridgehead atoms. The maximum Gasteiger partial charge on any atom is 0.337 e. The summed E-state index contributed by atoms with van der Waals surface area (Å²) in [5.41, 5.74) is 2.48. The quantitative estimate of drug-likeness (QED) is 0.776. The molecule has 5 heteroatoms. The van der Waals surface area contributed by atoms with Gasteiger partial charge in [-0.2, -0.15) is 0 Å². The Balaban J connectivity index is 1.90. The number of amidine groups is 1. The number of anilines is 1. The van der Waals surface area contributed by atoms with Crippen LogP contribution in [0, 0.1) is 0 Å². The fourth-order valence-electron chi connectivity index (χ4n) is 2.71. The molecule has 124 valence electrons. The Kier molecular flexibility index (Phi) is 4.79. The zero-order valence-corrected chi connectivity index (χ0v) is 13.8. The molecule has 1 unspecified atom stereocenters. The van der Waals surface area contributed by atoms with Gasteiger partial charge in [-0.3, -0.25) is 4.90 Å². The van der Waals surface area contributed by atoms with Gasteiger partial charge in [0.1, 0.15) is 0 Å². The number of rotatable bonds is 5. The molecule has 0 radical (unpaired) electrons. The summed E-state index contributed by atoms with van der Waals surface area (Å²) in [6, 6.07) is 17.3. The van der Waals surface area contributed by atoms with Crippen LogP contribution in [0.3, 0.4) is 0 Å². The number of carbonyl (C=O) groups is 1. The van der Waals surface area contributed by atoms with E-state index in [9.17, 15) is 4.79 Å². The number of nitrogens with zero attached hydrogens (tertiary/aromatic N) is 2. The van der Waals surface area contributed by atoms with Crippen molar-refractivity contribution in [2.45, 2.75) is 26.0 Å². The second-order valence-electron chi connectivity index (χ2n) is 5.53. The third-order valence-electron chi connectivity index (χ3n) is 3.90. The average Bonchev–Trinajstić information content (AvgIpc) is 3.06. The van der Waals surface area contributed by atoms with E-state index in [4.69, 9.17) is 9.57 Å². The highest BCUT2D eigenvalue weighted by atomic mass is 16.7. The lowest BCUT2D eigenvalue weighted by molar-refractivity contribution is 0.0600. The Morgan fingerprint density at radius 2 is 1.88 bits per heavy atom. The van der Waals surface area contributed by atoms with Gasteiger partial charge in [0.15, 0.2) is 5.84 Å². The van der Waals surface area contributed by atoms with Crippen molar-refractivity contribution in [3.63, 3.8) is 0 Å². The average molecular weight is 324 g/mol. The van der Waals surface area contributed by atoms with E-state index in [1.165, 1.54) is 7.11 Å². The number of para-hydroxylation sites is 1. The molecule has 0 amide bonds. The molecule has 2 aromatic rings. The first-order valence-electron chi connectivity index (χ1n) is 8.00. The summed E-state index contributed by atoms with van der Waals surface area (Å²) in [6.45, 7) is 2.12. The number of benzene rings is 2. The minimum Gasteiger partial charge on any atom is -0.465 e. The predicted octanol–water partition coefficient (Wildman–Crippen LogP) is 4.12. The van der Waals surface area contributed by atoms with Gasteiger partial charge in [-0.1, -0.05) is 42.4 Å². The number of oxime groups is 1. The van der Waals surface area contributed by atoms with Crippen LogP contribution >= 0.6 is 0 Å². The lowest BCUT2D eigenvalue weighted by Crippen LogP contribution is -2.30. The molecule has 2 aromatic carbocycles. The van der Waals surface area contributed by atoms with E-state index in [1.54, 1.807) is 12.1 Å². The lowest BCUT2D eigenvalue weighted by atomic mass is 10.1. The molecule has 0 aliphatic carbocycles. The van der Waals surface area contributed by atoms with Crippen LogP contribution in [0.5, 0.6) is 0 Å². The normalized spacial score (nSPS) is 16.5. The first kappa shape index (κ1) is 16.1. The van der Waals surface area contributed by atoms with Crippen molar-refractivity contribution in [2.75, 3.05) is 12.0 Å². The first-order valence-corrected chi connectivity index (χ1v) is 8.00. The summed E-state index contributed by atoms with van der Waals surface area (Å²) in [4.78, 5) is 19.4. The summed E-state index contributed by atoms with van der Waals surface area (Å²) in [5, 5.41) is 4.27. The maximum atomic E-state index is 11.6. The van der Waals surface area contributed by atoms with Crippen LogP contribution in [0.2, 0.25) is 0 Å². The summed E-state index contributed by atoms with van der Waals surface area (Å²) in [7, 11) is 1.37. The Bertz CT molecular complexity index is 726. The molecule has 0 fully saturated rings. The van der Waals surface area contributed by atoms with Crippen molar-refractivity contribution in [3.05, 3.63) is 65.7 Å². The van der Waals surface area contributed by atoms with Gasteiger partial charge in [-0.15, -0.1) is 0 Å². The van der Waals surface area contributed by atoms with Gasteiger partial charge in [0, 0.05) is 17.7 Å². The van der Waals surface area contributed by atoms with Gasteiger partial charge in [0.05, 0.1) is 12.7 Å². The van der Waals surface area contributed by atoms with Gasteiger partial charge in [-0.05, 0) is 30.7 Å². The smallest absolute Gasteiger partial charge is 0.337 e. The fourth-order valence-corrected chi connectivity index (χ4v) is 2.71. The molecule has 0 saturated carbocycles. The first-order chi connectivity index (χ1) is 11.7. The van der Waals surface area contributed by atoms with Crippen molar-refractivity contribution in [2.24, 2.45) is 5.16 Å². The number of methoxy groups -OCH3 is 1. The number of hydrogen-bond acceptors (Lipinski definition) is 5. The van der Waals surface area contributed by atoms with Crippen molar-refractivity contribution in [1.82, 2.24) is 0 Å². The van der Waals surface area contributed by atoms with E-state index < -0.39 is 0 Å². The summed E-state index contributed by atoms with van der Waals surface area (Å²) < 4.78 is 4.74. The number of esters is 1. The van der Waals surface area contributed by atoms with E-state index in [2.05, 4.69) is 17.0 Å². The van der Waals surface area contributed by atoms with Gasteiger partial charge in [-0.25, -0.2) is 4.79 Å². The number of carbonyl (C=O) groups excluding carboxylic acids is 1. The molecular formula is C19H20N2O3. The van der Waals surface area contributed by atoms with Crippen LogP contribution < -0.4 is 4.90 Å². The molecule has 3 rings (SSSR count). The lowest BCUT2D eigenvalue weighted by Gasteiger charge is -2.25. The highest BCUT2D eigenvalue weighted by Crippen LogP contribution is 2.34. The molecule has 5 nitrogen and oxygen atoms in total. The van der Waals surface area contributed by atoms with Gasteiger partial charge < -0.3 is 9.57 Å². The molecule has 1 heterocycles. The predicted molar refractivity (Wildman–Crippen MR) is 92.9 cm³/mol. The standard InChI is InChI=1S/C19H20N2O3/c1-3-7-17-20-24-18(21(17)16-8-5-4-6-9-16)14-10-12-15(13-11-14)19(22)23-2/h4-6,8-13,18H,3,7H2,1-2H3. The Morgan fingerprint density at radius 1 is 1.17 bits per heavy atom. The van der Waals surface area contributed by atoms with Gasteiger partial charge in [0.25, 0.3) is 0 Å². The number of ether oxygens (including phenoxy) is 1. The minimum absolute atomic E-state index is 0.333. The van der Waals surface area contributed by atoms with Gasteiger partial charge >= 0.3 is 5.97 Å². The zero-order chi connectivity index (χ0) is 16.9. The van der Waals surface area contributed by atoms with E-state index in [1.807, 2.05) is 42.5 Å². The molecule has 0 spiro atoms. The Hall–Kier alpha value is -2.82. The van der Waals surface area contributed by atoms with Crippen LogP contribution in [-0.2, 0) is 9.57 Å². The van der Waals surface area contributed by atoms with Crippen LogP contribution in [0.1, 0.15) is 41.9 Å². The monoisotopic (exact) mass is 324 g/mol. The largest absolute Gasteiger partial charge is 0.465 e. The SMILES string of the molecule is CCCC1=NOC(c2ccc(C(=O)OC)cc2)N1c1ccccc1. The van der Waals surface area contributed by atoms with Gasteiger partial charge in [0.2, 0.25) is 6.23 Å². The second kappa shape index (κ2) is 7.17. The van der Waals surface area contributed by atoms with E-state index in [0.717, 1.165) is 29.9 Å². The van der Waals surface area contributed by atoms with E-state index in [0.29, 0.717) is 5.56 Å². The van der Waals surface area contributed by atoms with E-state index >= 15 is 0 Å². The topological polar surface area (TPSA) is 51.1 Å². The molecule has 0 saturated heterocycles. The van der Waals surface area contributed by atoms with Crippen molar-refractivity contribution in [1.29, 1.82) is 0 Å². The number of hydrogen-bond donors (Lipinski definition) is 0. The molecule has 1 aliphatic heterocycles. The molecule has 1 atom stereocenters. The molecule has 0 N–H and O–H groups in total. The van der Waals surface area contributed by atoms with Crippen molar-refractivity contribution >= 4 is 17.5 Å². The summed E-state index contributed by atoms with van der Waals surface area (Å²) in [6.07, 6.45) is 1.49. The zero-order valence-electron chi connectivity index (χ0n) is 13.8. The highest BCUT2D eigenvalue weighted by Gasteiger charge is 2.32. The summed E-state index contributed by atoms with van der Waals surface area (Å²) >= 11 is 0. The molecular weight excluding hydrogens is 304 g/mol. The fraction of sp³-hybridized carbons (Fsp3) is 0.263. The maximum absolute atomic E-state index is 11.6. The van der Waals surface area contributed by atoms with Crippen LogP contribution in [0.4, 0.5) is 5.69 Å².